The minimum atomic E-state index is -0.394. The van der Waals surface area contributed by atoms with Gasteiger partial charge < -0.3 is 10.1 Å². The fraction of sp³-hybridized carbons (Fsp3) is 0.185. The fourth-order valence-corrected chi connectivity index (χ4v) is 4.11. The maximum atomic E-state index is 13.3. The maximum Gasteiger partial charge on any atom is 0.338 e. The molecule has 0 radical (unpaired) electrons. The smallest absolute Gasteiger partial charge is 0.338 e. The number of nitrogens with zero attached hydrogens (tertiary/aromatic N) is 2. The second-order valence-electron chi connectivity index (χ2n) is 8.04. The van der Waals surface area contributed by atoms with Gasteiger partial charge in [-0.1, -0.05) is 42.0 Å². The zero-order valence-electron chi connectivity index (χ0n) is 19.5. The van der Waals surface area contributed by atoms with Gasteiger partial charge in [-0.3, -0.25) is 15.1 Å². The number of amides is 1. The average molecular weight is 487 g/mol. The van der Waals surface area contributed by atoms with Gasteiger partial charge in [0.05, 0.1) is 23.8 Å². The summed E-state index contributed by atoms with van der Waals surface area (Å²) in [5.41, 5.74) is 7.69. The topological polar surface area (TPSA) is 83.0 Å². The van der Waals surface area contributed by atoms with E-state index in [4.69, 9.17) is 17.0 Å². The number of para-hydroxylation sites is 1. The van der Waals surface area contributed by atoms with Crippen molar-refractivity contribution in [1.82, 2.24) is 5.43 Å². The normalized spacial score (nSPS) is 14.6. The van der Waals surface area contributed by atoms with Crippen LogP contribution in [0.2, 0.25) is 0 Å². The SMILES string of the molecule is CCOC(=O)c1cccc(NC(=S)N/N=C\CC2C(=O)N(c3ccc(C)cc3)c3ccccc32)c1. The van der Waals surface area contributed by atoms with E-state index in [0.29, 0.717) is 24.3 Å². The number of hydrogen-bond acceptors (Lipinski definition) is 5. The highest BCUT2D eigenvalue weighted by Gasteiger charge is 2.37. The number of benzene rings is 3. The van der Waals surface area contributed by atoms with Gasteiger partial charge in [0, 0.05) is 24.0 Å². The highest BCUT2D eigenvalue weighted by atomic mass is 32.1. The van der Waals surface area contributed by atoms with Crippen LogP contribution in [0.5, 0.6) is 0 Å². The summed E-state index contributed by atoms with van der Waals surface area (Å²) in [7, 11) is 0. The van der Waals surface area contributed by atoms with Crippen LogP contribution < -0.4 is 15.6 Å². The van der Waals surface area contributed by atoms with Gasteiger partial charge in [-0.15, -0.1) is 0 Å². The van der Waals surface area contributed by atoms with E-state index in [1.165, 1.54) is 0 Å². The number of fused-ring (bicyclic) bond motifs is 1. The Bertz CT molecular complexity index is 1270. The Kier molecular flexibility index (Phi) is 7.52. The number of rotatable bonds is 7. The van der Waals surface area contributed by atoms with Gasteiger partial charge in [0.15, 0.2) is 5.11 Å². The molecule has 178 valence electrons. The molecule has 0 saturated heterocycles. The molecular formula is C27H26N4O3S. The minimum absolute atomic E-state index is 0.0120. The first-order valence-corrected chi connectivity index (χ1v) is 11.7. The average Bonchev–Trinajstić information content (AvgIpc) is 3.14. The Labute approximate surface area is 209 Å². The van der Waals surface area contributed by atoms with Gasteiger partial charge in [-0.25, -0.2) is 4.79 Å². The molecule has 3 aromatic rings. The number of hydrogen-bond donors (Lipinski definition) is 2. The van der Waals surface area contributed by atoms with Crippen LogP contribution in [0, 0.1) is 6.92 Å². The Morgan fingerprint density at radius 2 is 1.89 bits per heavy atom. The van der Waals surface area contributed by atoms with Crippen molar-refractivity contribution >= 4 is 52.5 Å². The van der Waals surface area contributed by atoms with E-state index in [9.17, 15) is 9.59 Å². The van der Waals surface area contributed by atoms with Crippen LogP contribution in [0.4, 0.5) is 17.1 Å². The van der Waals surface area contributed by atoms with Crippen molar-refractivity contribution in [3.63, 3.8) is 0 Å². The molecule has 1 aliphatic rings. The lowest BCUT2D eigenvalue weighted by molar-refractivity contribution is -0.118. The number of aryl methyl sites for hydroxylation is 1. The molecule has 1 atom stereocenters. The molecule has 0 bridgehead atoms. The first-order chi connectivity index (χ1) is 17.0. The summed E-state index contributed by atoms with van der Waals surface area (Å²) >= 11 is 5.30. The number of carbonyl (C=O) groups excluding carboxylic acids is 2. The van der Waals surface area contributed by atoms with E-state index in [1.807, 2.05) is 55.5 Å². The summed E-state index contributed by atoms with van der Waals surface area (Å²) < 4.78 is 5.02. The number of carbonyl (C=O) groups is 2. The van der Waals surface area contributed by atoms with E-state index >= 15 is 0 Å². The maximum absolute atomic E-state index is 13.3. The molecule has 8 heteroatoms. The van der Waals surface area contributed by atoms with Crippen LogP contribution in [-0.2, 0) is 9.53 Å². The van der Waals surface area contributed by atoms with Gasteiger partial charge in [0.2, 0.25) is 5.91 Å². The molecular weight excluding hydrogens is 460 g/mol. The van der Waals surface area contributed by atoms with Crippen LogP contribution in [0.1, 0.15) is 40.7 Å². The predicted octanol–water partition coefficient (Wildman–Crippen LogP) is 5.30. The number of hydrazone groups is 1. The molecule has 0 aromatic heterocycles. The molecule has 0 saturated carbocycles. The first-order valence-electron chi connectivity index (χ1n) is 11.3. The summed E-state index contributed by atoms with van der Waals surface area (Å²) in [6.45, 7) is 4.09. The first kappa shape index (κ1) is 24.1. The molecule has 2 N–H and O–H groups in total. The molecule has 1 heterocycles. The molecule has 1 aliphatic heterocycles. The second kappa shape index (κ2) is 10.9. The lowest BCUT2D eigenvalue weighted by Crippen LogP contribution is -2.25. The van der Waals surface area contributed by atoms with E-state index in [0.717, 1.165) is 22.5 Å². The van der Waals surface area contributed by atoms with Gasteiger partial charge in [0.1, 0.15) is 0 Å². The van der Waals surface area contributed by atoms with E-state index in [2.05, 4.69) is 15.8 Å². The van der Waals surface area contributed by atoms with Crippen molar-refractivity contribution < 1.29 is 14.3 Å². The van der Waals surface area contributed by atoms with E-state index in [-0.39, 0.29) is 16.9 Å². The van der Waals surface area contributed by atoms with Gasteiger partial charge in [0.25, 0.3) is 0 Å². The number of nitrogens with one attached hydrogen (secondary N) is 2. The largest absolute Gasteiger partial charge is 0.462 e. The molecule has 7 nitrogen and oxygen atoms in total. The number of anilines is 3. The lowest BCUT2D eigenvalue weighted by atomic mass is 9.98. The van der Waals surface area contributed by atoms with Crippen molar-refractivity contribution in [2.45, 2.75) is 26.2 Å². The van der Waals surface area contributed by atoms with Crippen LogP contribution in [0.3, 0.4) is 0 Å². The molecule has 0 spiro atoms. The molecule has 1 unspecified atom stereocenters. The highest BCUT2D eigenvalue weighted by Crippen LogP contribution is 2.42. The van der Waals surface area contributed by atoms with Crippen molar-refractivity contribution in [2.75, 3.05) is 16.8 Å². The molecule has 0 fully saturated rings. The quantitative estimate of drug-likeness (QED) is 0.204. The Morgan fingerprint density at radius 1 is 1.11 bits per heavy atom. The number of thiocarbonyl (C=S) groups is 1. The minimum Gasteiger partial charge on any atom is -0.462 e. The Hall–Kier alpha value is -4.04. The van der Waals surface area contributed by atoms with E-state index < -0.39 is 5.97 Å². The van der Waals surface area contributed by atoms with Crippen molar-refractivity contribution in [3.05, 3.63) is 89.5 Å². The zero-order valence-corrected chi connectivity index (χ0v) is 20.3. The third-order valence-electron chi connectivity index (χ3n) is 5.59. The van der Waals surface area contributed by atoms with Crippen LogP contribution in [0.25, 0.3) is 0 Å². The Balaban J connectivity index is 1.38. The molecule has 35 heavy (non-hydrogen) atoms. The molecule has 3 aromatic carbocycles. The van der Waals surface area contributed by atoms with E-state index in [1.54, 1.807) is 42.3 Å². The lowest BCUT2D eigenvalue weighted by Gasteiger charge is -2.18. The Morgan fingerprint density at radius 3 is 2.66 bits per heavy atom. The van der Waals surface area contributed by atoms with Gasteiger partial charge >= 0.3 is 5.97 Å². The third kappa shape index (κ3) is 5.55. The van der Waals surface area contributed by atoms with Gasteiger partial charge in [-0.2, -0.15) is 5.10 Å². The van der Waals surface area contributed by atoms with Crippen LogP contribution in [0.15, 0.2) is 77.9 Å². The summed E-state index contributed by atoms with van der Waals surface area (Å²) in [6, 6.07) is 22.6. The second-order valence-corrected chi connectivity index (χ2v) is 8.44. The van der Waals surface area contributed by atoms with Crippen LogP contribution >= 0.6 is 12.2 Å². The summed E-state index contributed by atoms with van der Waals surface area (Å²) in [4.78, 5) is 27.0. The van der Waals surface area contributed by atoms with Gasteiger partial charge in [-0.05, 0) is 68.0 Å². The summed E-state index contributed by atoms with van der Waals surface area (Å²) in [5, 5.41) is 7.45. The molecule has 4 rings (SSSR count). The standard InChI is InChI=1S/C27H26N4O3S/c1-3-34-26(33)19-7-6-8-20(17-19)29-27(35)30-28-16-15-23-22-9-4-5-10-24(22)31(25(23)32)21-13-11-18(2)12-14-21/h4-14,16-17,23H,3,15H2,1-2H3,(H2,29,30,35)/b28-16-. The number of ether oxygens (including phenoxy) is 1. The predicted molar refractivity (Wildman–Crippen MR) is 142 cm³/mol. The summed E-state index contributed by atoms with van der Waals surface area (Å²) in [6.07, 6.45) is 2.08. The van der Waals surface area contributed by atoms with Crippen LogP contribution in [-0.4, -0.2) is 29.8 Å². The monoisotopic (exact) mass is 486 g/mol. The molecule has 0 aliphatic carbocycles. The zero-order chi connectivity index (χ0) is 24.8. The van der Waals surface area contributed by atoms with Crippen molar-refractivity contribution in [1.29, 1.82) is 0 Å². The number of esters is 1. The highest BCUT2D eigenvalue weighted by molar-refractivity contribution is 7.80. The van der Waals surface area contributed by atoms with Crippen molar-refractivity contribution in [3.8, 4) is 0 Å². The fourth-order valence-electron chi connectivity index (χ4n) is 3.94. The third-order valence-corrected chi connectivity index (χ3v) is 5.79. The van der Waals surface area contributed by atoms with Crippen molar-refractivity contribution in [2.24, 2.45) is 5.10 Å². The summed E-state index contributed by atoms with van der Waals surface area (Å²) in [5.74, 6) is -0.715. The molecule has 1 amide bonds.